The van der Waals surface area contributed by atoms with E-state index >= 15 is 0 Å². The molecule has 1 aromatic rings. The first kappa shape index (κ1) is 12.5. The van der Waals surface area contributed by atoms with Crippen molar-refractivity contribution in [3.8, 4) is 0 Å². The molecule has 0 fully saturated rings. The molecule has 0 amide bonds. The van der Waals surface area contributed by atoms with E-state index in [2.05, 4.69) is 17.2 Å². The third-order valence-electron chi connectivity index (χ3n) is 1.85. The Balaban J connectivity index is 2.01. The number of nitrogens with zero attached hydrogens (tertiary/aromatic N) is 1. The van der Waals surface area contributed by atoms with Crippen molar-refractivity contribution in [2.45, 2.75) is 23.8 Å². The Morgan fingerprint density at radius 1 is 1.67 bits per heavy atom. The fraction of sp³-hybridized carbons (Fsp3) is 0.700. The highest BCUT2D eigenvalue weighted by molar-refractivity contribution is 7.99. The molecule has 1 aromatic heterocycles. The molecule has 0 aliphatic heterocycles. The van der Waals surface area contributed by atoms with E-state index in [1.165, 1.54) is 0 Å². The van der Waals surface area contributed by atoms with Gasteiger partial charge in [0.05, 0.1) is 6.20 Å². The molecule has 0 aliphatic carbocycles. The Hall–Kier alpha value is -0.520. The van der Waals surface area contributed by atoms with Crippen LogP contribution in [0.25, 0.3) is 0 Å². The number of ether oxygens (including phenoxy) is 1. The summed E-state index contributed by atoms with van der Waals surface area (Å²) in [5.41, 5.74) is 0. The molecule has 1 rings (SSSR count). The van der Waals surface area contributed by atoms with Gasteiger partial charge < -0.3 is 14.5 Å². The molecule has 1 unspecified atom stereocenters. The first-order valence-corrected chi connectivity index (χ1v) is 5.96. The molecule has 0 radical (unpaired) electrons. The second kappa shape index (κ2) is 7.73. The lowest BCUT2D eigenvalue weighted by atomic mass is 10.4. The van der Waals surface area contributed by atoms with Crippen LogP contribution in [-0.4, -0.2) is 37.0 Å². The number of thioether (sulfide) groups is 1. The number of oxazole rings is 1. The van der Waals surface area contributed by atoms with Crippen LogP contribution < -0.4 is 5.32 Å². The zero-order valence-corrected chi connectivity index (χ0v) is 10.0. The van der Waals surface area contributed by atoms with Crippen molar-refractivity contribution >= 4 is 11.8 Å². The Morgan fingerprint density at radius 2 is 2.53 bits per heavy atom. The van der Waals surface area contributed by atoms with Crippen LogP contribution in [0, 0.1) is 0 Å². The summed E-state index contributed by atoms with van der Waals surface area (Å²) in [6.07, 6.45) is 4.31. The average molecular weight is 230 g/mol. The second-order valence-corrected chi connectivity index (χ2v) is 4.67. The first-order chi connectivity index (χ1) is 7.33. The summed E-state index contributed by atoms with van der Waals surface area (Å²) in [4.78, 5) is 4.06. The van der Waals surface area contributed by atoms with Gasteiger partial charge in [0.25, 0.3) is 5.22 Å². The van der Waals surface area contributed by atoms with Crippen molar-refractivity contribution in [2.75, 3.05) is 26.8 Å². The quantitative estimate of drug-likeness (QED) is 0.545. The SMILES string of the molecule is COCCCNCC(C)Sc1ncco1. The minimum atomic E-state index is 0.464. The molecule has 0 aliphatic rings. The van der Waals surface area contributed by atoms with Gasteiger partial charge in [-0.25, -0.2) is 4.98 Å². The average Bonchev–Trinajstić information content (AvgIpc) is 2.70. The van der Waals surface area contributed by atoms with Gasteiger partial charge >= 0.3 is 0 Å². The van der Waals surface area contributed by atoms with Gasteiger partial charge in [0.1, 0.15) is 6.26 Å². The molecule has 15 heavy (non-hydrogen) atoms. The third kappa shape index (κ3) is 5.81. The van der Waals surface area contributed by atoms with Gasteiger partial charge in [-0.05, 0) is 13.0 Å². The summed E-state index contributed by atoms with van der Waals surface area (Å²) in [5.74, 6) is 0. The molecule has 0 spiro atoms. The van der Waals surface area contributed by atoms with E-state index < -0.39 is 0 Å². The van der Waals surface area contributed by atoms with Gasteiger partial charge in [-0.2, -0.15) is 0 Å². The Labute approximate surface area is 94.8 Å². The Morgan fingerprint density at radius 3 is 3.20 bits per heavy atom. The van der Waals surface area contributed by atoms with Crippen LogP contribution in [0.5, 0.6) is 0 Å². The molecule has 0 bridgehead atoms. The van der Waals surface area contributed by atoms with Gasteiger partial charge in [0.15, 0.2) is 0 Å². The van der Waals surface area contributed by atoms with Crippen molar-refractivity contribution in [1.82, 2.24) is 10.3 Å². The van der Waals surface area contributed by atoms with E-state index in [0.717, 1.165) is 31.3 Å². The summed E-state index contributed by atoms with van der Waals surface area (Å²) in [6, 6.07) is 0. The van der Waals surface area contributed by atoms with Crippen molar-refractivity contribution in [3.63, 3.8) is 0 Å². The molecule has 4 nitrogen and oxygen atoms in total. The van der Waals surface area contributed by atoms with Crippen LogP contribution in [0.4, 0.5) is 0 Å². The summed E-state index contributed by atoms with van der Waals surface area (Å²) >= 11 is 1.64. The van der Waals surface area contributed by atoms with Gasteiger partial charge in [-0.3, -0.25) is 0 Å². The van der Waals surface area contributed by atoms with Gasteiger partial charge in [-0.15, -0.1) is 0 Å². The molecular formula is C10H18N2O2S. The van der Waals surface area contributed by atoms with E-state index in [1.54, 1.807) is 31.3 Å². The summed E-state index contributed by atoms with van der Waals surface area (Å²) < 4.78 is 10.1. The monoisotopic (exact) mass is 230 g/mol. The maximum atomic E-state index is 5.15. The van der Waals surface area contributed by atoms with Crippen LogP contribution in [0.1, 0.15) is 13.3 Å². The predicted molar refractivity (Wildman–Crippen MR) is 61.2 cm³/mol. The van der Waals surface area contributed by atoms with E-state index in [-0.39, 0.29) is 0 Å². The number of methoxy groups -OCH3 is 1. The van der Waals surface area contributed by atoms with Crippen LogP contribution in [0.2, 0.25) is 0 Å². The third-order valence-corrected chi connectivity index (χ3v) is 2.82. The molecule has 86 valence electrons. The van der Waals surface area contributed by atoms with Gasteiger partial charge in [-0.1, -0.05) is 18.7 Å². The zero-order valence-electron chi connectivity index (χ0n) is 9.23. The fourth-order valence-corrected chi connectivity index (χ4v) is 1.91. The number of hydrogen-bond donors (Lipinski definition) is 1. The Bertz CT molecular complexity index is 242. The van der Waals surface area contributed by atoms with E-state index in [0.29, 0.717) is 5.25 Å². The lowest BCUT2D eigenvalue weighted by molar-refractivity contribution is 0.194. The number of rotatable bonds is 8. The minimum absolute atomic E-state index is 0.464. The number of hydrogen-bond acceptors (Lipinski definition) is 5. The van der Waals surface area contributed by atoms with Crippen LogP contribution in [0.15, 0.2) is 22.1 Å². The lowest BCUT2D eigenvalue weighted by Gasteiger charge is -2.09. The summed E-state index contributed by atoms with van der Waals surface area (Å²) in [6.45, 7) is 4.91. The molecule has 1 heterocycles. The van der Waals surface area contributed by atoms with Crippen molar-refractivity contribution in [3.05, 3.63) is 12.5 Å². The zero-order chi connectivity index (χ0) is 10.9. The topological polar surface area (TPSA) is 47.3 Å². The maximum Gasteiger partial charge on any atom is 0.255 e. The van der Waals surface area contributed by atoms with Crippen LogP contribution >= 0.6 is 11.8 Å². The van der Waals surface area contributed by atoms with E-state index in [9.17, 15) is 0 Å². The lowest BCUT2D eigenvalue weighted by Crippen LogP contribution is -2.24. The molecular weight excluding hydrogens is 212 g/mol. The van der Waals surface area contributed by atoms with Gasteiger partial charge in [0, 0.05) is 25.5 Å². The normalized spacial score (nSPS) is 12.9. The highest BCUT2D eigenvalue weighted by atomic mass is 32.2. The number of aromatic nitrogens is 1. The molecule has 1 atom stereocenters. The Kier molecular flexibility index (Phi) is 6.47. The standard InChI is InChI=1S/C10H18N2O2S/c1-9(8-11-4-3-6-13-2)15-10-12-5-7-14-10/h5,7,9,11H,3-4,6,8H2,1-2H3. The molecule has 1 N–H and O–H groups in total. The highest BCUT2D eigenvalue weighted by Gasteiger charge is 2.06. The number of nitrogens with one attached hydrogen (secondary N) is 1. The van der Waals surface area contributed by atoms with Gasteiger partial charge in [0.2, 0.25) is 0 Å². The van der Waals surface area contributed by atoms with Crippen molar-refractivity contribution in [1.29, 1.82) is 0 Å². The molecule has 0 saturated carbocycles. The van der Waals surface area contributed by atoms with Crippen molar-refractivity contribution in [2.24, 2.45) is 0 Å². The second-order valence-electron chi connectivity index (χ2n) is 3.28. The van der Waals surface area contributed by atoms with E-state index in [4.69, 9.17) is 9.15 Å². The van der Waals surface area contributed by atoms with Crippen molar-refractivity contribution < 1.29 is 9.15 Å². The molecule has 5 heteroatoms. The highest BCUT2D eigenvalue weighted by Crippen LogP contribution is 2.19. The first-order valence-electron chi connectivity index (χ1n) is 5.08. The fourth-order valence-electron chi connectivity index (χ4n) is 1.13. The summed E-state index contributed by atoms with van der Waals surface area (Å²) in [5, 5.41) is 4.56. The van der Waals surface area contributed by atoms with Crippen LogP contribution in [-0.2, 0) is 4.74 Å². The van der Waals surface area contributed by atoms with Crippen LogP contribution in [0.3, 0.4) is 0 Å². The molecule has 0 saturated heterocycles. The predicted octanol–water partition coefficient (Wildman–Crippen LogP) is 1.78. The molecule has 0 aromatic carbocycles. The largest absolute Gasteiger partial charge is 0.440 e. The summed E-state index contributed by atoms with van der Waals surface area (Å²) in [7, 11) is 1.72. The minimum Gasteiger partial charge on any atom is -0.440 e. The maximum absolute atomic E-state index is 5.15. The van der Waals surface area contributed by atoms with E-state index in [1.807, 2.05) is 0 Å². The smallest absolute Gasteiger partial charge is 0.255 e.